The van der Waals surface area contributed by atoms with Gasteiger partial charge in [-0.2, -0.15) is 0 Å². The molecule has 0 aliphatic heterocycles. The van der Waals surface area contributed by atoms with Crippen molar-refractivity contribution in [3.05, 3.63) is 185 Å². The van der Waals surface area contributed by atoms with E-state index in [0.29, 0.717) is 0 Å². The summed E-state index contributed by atoms with van der Waals surface area (Å²) >= 11 is 0. The second-order valence-corrected chi connectivity index (χ2v) is 22.5. The Hall–Kier alpha value is -5.66. The summed E-state index contributed by atoms with van der Waals surface area (Å²) in [6.07, 6.45) is 0. The Morgan fingerprint density at radius 3 is 1.27 bits per heavy atom. The van der Waals surface area contributed by atoms with E-state index in [2.05, 4.69) is 253 Å². The molecule has 7 aromatic carbocycles. The summed E-state index contributed by atoms with van der Waals surface area (Å²) in [5, 5.41) is 0. The molecule has 0 radical (unpaired) electrons. The molecule has 1 nitrogen and oxygen atoms in total. The standard InChI is InChI=1S/C61H67N/c1-57(2,3)46-31-42(44-33-47(58(4,5)6)37-48(34-44)59(7,8)9)30-43(32-46)45-35-49(60(10,11)12)38-52(36-45)62(50-26-24-41(25-27-50)40-20-16-15-17-21-40)51-28-29-54-53-22-18-19-23-55(53)61(13,14)56(54)39-51/h15-39H,1-14H3. The van der Waals surface area contributed by atoms with E-state index in [9.17, 15) is 0 Å². The van der Waals surface area contributed by atoms with E-state index in [1.165, 1.54) is 77.9 Å². The van der Waals surface area contributed by atoms with Crippen LogP contribution in [0.3, 0.4) is 0 Å². The highest BCUT2D eigenvalue weighted by Crippen LogP contribution is 2.51. The van der Waals surface area contributed by atoms with Gasteiger partial charge in [-0.05, 0) is 142 Å². The summed E-state index contributed by atoms with van der Waals surface area (Å²) in [4.78, 5) is 2.49. The zero-order valence-electron chi connectivity index (χ0n) is 39.9. The second kappa shape index (κ2) is 15.3. The molecule has 0 saturated heterocycles. The molecule has 1 aliphatic rings. The van der Waals surface area contributed by atoms with Crippen molar-refractivity contribution in [1.82, 2.24) is 0 Å². The van der Waals surface area contributed by atoms with Gasteiger partial charge in [-0.25, -0.2) is 0 Å². The van der Waals surface area contributed by atoms with Gasteiger partial charge in [-0.3, -0.25) is 0 Å². The third-order valence-corrected chi connectivity index (χ3v) is 13.2. The highest BCUT2D eigenvalue weighted by molar-refractivity contribution is 5.88. The van der Waals surface area contributed by atoms with E-state index in [1.54, 1.807) is 0 Å². The predicted octanol–water partition coefficient (Wildman–Crippen LogP) is 17.7. The third-order valence-electron chi connectivity index (χ3n) is 13.2. The van der Waals surface area contributed by atoms with Crippen molar-refractivity contribution >= 4 is 17.1 Å². The summed E-state index contributed by atoms with van der Waals surface area (Å²) in [5.74, 6) is 0. The van der Waals surface area contributed by atoms with Crippen molar-refractivity contribution < 1.29 is 0 Å². The van der Waals surface area contributed by atoms with Crippen molar-refractivity contribution in [1.29, 1.82) is 0 Å². The smallest absolute Gasteiger partial charge is 0.0470 e. The van der Waals surface area contributed by atoms with Gasteiger partial charge in [0, 0.05) is 22.5 Å². The SMILES string of the molecule is CC(C)(C)c1cc(-c2cc(N(c3ccc(-c4ccccc4)cc3)c3ccc4c(c3)C(C)(C)c3ccccc3-4)cc(C(C)(C)C)c2)cc(-c2cc(C(C)(C)C)cc(C(C)(C)C)c2)c1. The van der Waals surface area contributed by atoms with Gasteiger partial charge in [0.1, 0.15) is 0 Å². The minimum absolute atomic E-state index is 0.0226. The van der Waals surface area contributed by atoms with Crippen LogP contribution in [0, 0.1) is 0 Å². The van der Waals surface area contributed by atoms with Gasteiger partial charge >= 0.3 is 0 Å². The number of hydrogen-bond acceptors (Lipinski definition) is 1. The van der Waals surface area contributed by atoms with Crippen LogP contribution in [0.5, 0.6) is 0 Å². The second-order valence-electron chi connectivity index (χ2n) is 22.5. The molecule has 0 heterocycles. The van der Waals surface area contributed by atoms with Crippen molar-refractivity contribution in [2.24, 2.45) is 0 Å². The molecule has 0 N–H and O–H groups in total. The Morgan fingerprint density at radius 1 is 0.306 bits per heavy atom. The summed E-state index contributed by atoms with van der Waals surface area (Å²) in [5.41, 5.74) is 21.5. The number of hydrogen-bond donors (Lipinski definition) is 0. The highest BCUT2D eigenvalue weighted by atomic mass is 15.1. The molecule has 0 aromatic heterocycles. The molecule has 316 valence electrons. The summed E-state index contributed by atoms with van der Waals surface area (Å²) in [6, 6.07) is 57.9. The normalized spacial score (nSPS) is 13.8. The average molecular weight is 814 g/mol. The number of anilines is 3. The quantitative estimate of drug-likeness (QED) is 0.162. The van der Waals surface area contributed by atoms with E-state index in [1.807, 2.05) is 0 Å². The molecule has 1 heteroatoms. The van der Waals surface area contributed by atoms with E-state index < -0.39 is 0 Å². The molecule has 0 fully saturated rings. The van der Waals surface area contributed by atoms with Crippen LogP contribution in [-0.2, 0) is 27.1 Å². The highest BCUT2D eigenvalue weighted by Gasteiger charge is 2.36. The van der Waals surface area contributed by atoms with Gasteiger partial charge in [0.25, 0.3) is 0 Å². The third kappa shape index (κ3) is 8.32. The molecule has 62 heavy (non-hydrogen) atoms. The maximum atomic E-state index is 2.49. The molecule has 0 atom stereocenters. The molecular formula is C61H67N. The van der Waals surface area contributed by atoms with E-state index in [0.717, 1.165) is 17.1 Å². The van der Waals surface area contributed by atoms with Crippen LogP contribution < -0.4 is 4.90 Å². The van der Waals surface area contributed by atoms with Crippen molar-refractivity contribution in [2.75, 3.05) is 4.90 Å². The van der Waals surface area contributed by atoms with E-state index in [-0.39, 0.29) is 27.1 Å². The van der Waals surface area contributed by atoms with Gasteiger partial charge in [-0.15, -0.1) is 0 Å². The molecule has 8 rings (SSSR count). The Bertz CT molecular complexity index is 2740. The first-order chi connectivity index (χ1) is 29.0. The molecule has 1 aliphatic carbocycles. The largest absolute Gasteiger partial charge is 0.310 e. The zero-order chi connectivity index (χ0) is 44.6. The first kappa shape index (κ1) is 43.0. The number of benzene rings is 7. The van der Waals surface area contributed by atoms with E-state index >= 15 is 0 Å². The Labute approximate surface area is 373 Å². The van der Waals surface area contributed by atoms with Gasteiger partial charge in [0.2, 0.25) is 0 Å². The lowest BCUT2D eigenvalue weighted by molar-refractivity contribution is 0.569. The summed E-state index contributed by atoms with van der Waals surface area (Å²) in [6.45, 7) is 32.8. The molecule has 7 aromatic rings. The summed E-state index contributed by atoms with van der Waals surface area (Å²) in [7, 11) is 0. The van der Waals surface area contributed by atoms with Crippen LogP contribution in [0.4, 0.5) is 17.1 Å². The lowest BCUT2D eigenvalue weighted by Crippen LogP contribution is -2.17. The zero-order valence-corrected chi connectivity index (χ0v) is 39.9. The molecular weight excluding hydrogens is 747 g/mol. The predicted molar refractivity (Wildman–Crippen MR) is 270 cm³/mol. The minimum atomic E-state index is -0.121. The maximum Gasteiger partial charge on any atom is 0.0470 e. The first-order valence-corrected chi connectivity index (χ1v) is 22.7. The molecule has 0 unspecified atom stereocenters. The maximum absolute atomic E-state index is 2.49. The van der Waals surface area contributed by atoms with Crippen LogP contribution in [0.25, 0.3) is 44.5 Å². The van der Waals surface area contributed by atoms with Crippen LogP contribution in [0.2, 0.25) is 0 Å². The van der Waals surface area contributed by atoms with Crippen molar-refractivity contribution in [3.8, 4) is 44.5 Å². The molecule has 0 saturated carbocycles. The summed E-state index contributed by atoms with van der Waals surface area (Å²) < 4.78 is 0. The van der Waals surface area contributed by atoms with Gasteiger partial charge in [-0.1, -0.05) is 206 Å². The molecule has 0 spiro atoms. The first-order valence-electron chi connectivity index (χ1n) is 22.7. The van der Waals surface area contributed by atoms with Gasteiger partial charge < -0.3 is 4.90 Å². The fourth-order valence-electron chi connectivity index (χ4n) is 9.11. The molecule has 0 bridgehead atoms. The topological polar surface area (TPSA) is 3.24 Å². The van der Waals surface area contributed by atoms with Crippen molar-refractivity contribution in [3.63, 3.8) is 0 Å². The Kier molecular flexibility index (Phi) is 10.6. The Morgan fingerprint density at radius 2 is 0.726 bits per heavy atom. The molecule has 0 amide bonds. The number of nitrogens with zero attached hydrogens (tertiary/aromatic N) is 1. The van der Waals surface area contributed by atoms with Crippen LogP contribution in [-0.4, -0.2) is 0 Å². The van der Waals surface area contributed by atoms with Gasteiger partial charge in [0.05, 0.1) is 0 Å². The minimum Gasteiger partial charge on any atom is -0.310 e. The van der Waals surface area contributed by atoms with Gasteiger partial charge in [0.15, 0.2) is 0 Å². The average Bonchev–Trinajstić information content (AvgIpc) is 3.45. The lowest BCUT2D eigenvalue weighted by atomic mass is 9.78. The fourth-order valence-corrected chi connectivity index (χ4v) is 9.11. The number of fused-ring (bicyclic) bond motifs is 3. The van der Waals surface area contributed by atoms with E-state index in [4.69, 9.17) is 0 Å². The monoisotopic (exact) mass is 814 g/mol. The lowest BCUT2D eigenvalue weighted by Gasteiger charge is -2.31. The Balaban J connectivity index is 1.36. The fraction of sp³-hybridized carbons (Fsp3) is 0.311. The van der Waals surface area contributed by atoms with Crippen LogP contribution >= 0.6 is 0 Å². The van der Waals surface area contributed by atoms with Crippen LogP contribution in [0.1, 0.15) is 130 Å². The van der Waals surface area contributed by atoms with Crippen molar-refractivity contribution in [2.45, 2.75) is 124 Å². The van der Waals surface area contributed by atoms with Crippen LogP contribution in [0.15, 0.2) is 152 Å². The number of rotatable bonds is 6.